The largest absolute Gasteiger partial charge is 0.469 e. The normalized spacial score (nSPS) is 11.3. The van der Waals surface area contributed by atoms with Crippen molar-refractivity contribution in [2.75, 3.05) is 40.1 Å². The zero-order valence-corrected chi connectivity index (χ0v) is 18.4. The number of carbonyl (C=O) groups is 1. The monoisotopic (exact) mass is 434 g/mol. The van der Waals surface area contributed by atoms with Gasteiger partial charge in [-0.15, -0.1) is 0 Å². The molecule has 0 amide bonds. The predicted octanol–water partition coefficient (Wildman–Crippen LogP) is 4.59. The summed E-state index contributed by atoms with van der Waals surface area (Å²) < 4.78 is 22.3. The first kappa shape index (κ1) is 23.7. The van der Waals surface area contributed by atoms with E-state index in [1.807, 2.05) is 54.6 Å². The number of hydrogen-bond acceptors (Lipinski definition) is 5. The maximum absolute atomic E-state index is 11.1. The minimum atomic E-state index is -0.746. The zero-order chi connectivity index (χ0) is 22.5. The average molecular weight is 435 g/mol. The number of benzene rings is 3. The first-order chi connectivity index (χ1) is 15.8. The van der Waals surface area contributed by atoms with Crippen LogP contribution in [-0.4, -0.2) is 46.1 Å². The van der Waals surface area contributed by atoms with Crippen molar-refractivity contribution in [1.29, 1.82) is 0 Å². The van der Waals surface area contributed by atoms with Gasteiger partial charge in [0, 0.05) is 0 Å². The van der Waals surface area contributed by atoms with Gasteiger partial charge < -0.3 is 18.9 Å². The molecule has 0 aliphatic rings. The summed E-state index contributed by atoms with van der Waals surface area (Å²) in [4.78, 5) is 11.1. The molecule has 5 heteroatoms. The molecule has 5 nitrogen and oxygen atoms in total. The highest BCUT2D eigenvalue weighted by Gasteiger charge is 2.37. The van der Waals surface area contributed by atoms with Gasteiger partial charge in [0.25, 0.3) is 0 Å². The van der Waals surface area contributed by atoms with Crippen LogP contribution in [0.25, 0.3) is 0 Å². The summed E-state index contributed by atoms with van der Waals surface area (Å²) in [5.41, 5.74) is 2.43. The van der Waals surface area contributed by atoms with Gasteiger partial charge >= 0.3 is 5.97 Å². The van der Waals surface area contributed by atoms with E-state index in [1.54, 1.807) is 0 Å². The molecule has 0 aliphatic carbocycles. The fraction of sp³-hybridized carbons (Fsp3) is 0.296. The molecular weight excluding hydrogens is 404 g/mol. The Morgan fingerprint density at radius 2 is 1.03 bits per heavy atom. The lowest BCUT2D eigenvalue weighted by atomic mass is 9.80. The van der Waals surface area contributed by atoms with Crippen molar-refractivity contribution in [2.24, 2.45) is 0 Å². The smallest absolute Gasteiger partial charge is 0.307 e. The van der Waals surface area contributed by atoms with Gasteiger partial charge in [0.15, 0.2) is 0 Å². The molecule has 32 heavy (non-hydrogen) atoms. The summed E-state index contributed by atoms with van der Waals surface area (Å²) in [6.45, 7) is 2.00. The number of rotatable bonds is 13. The maximum atomic E-state index is 11.1. The predicted molar refractivity (Wildman–Crippen MR) is 123 cm³/mol. The molecule has 0 spiro atoms. The third-order valence-corrected chi connectivity index (χ3v) is 5.14. The van der Waals surface area contributed by atoms with Gasteiger partial charge in [-0.2, -0.15) is 0 Å². The fourth-order valence-corrected chi connectivity index (χ4v) is 3.60. The summed E-state index contributed by atoms with van der Waals surface area (Å²) in [6.07, 6.45) is 0.243. The fourth-order valence-electron chi connectivity index (χ4n) is 3.60. The molecule has 3 aromatic carbocycles. The SMILES string of the molecule is COC(=O)CCOCCOCCOC(c1ccccc1)(c1ccccc1)c1ccccc1. The third kappa shape index (κ3) is 6.26. The minimum Gasteiger partial charge on any atom is -0.469 e. The van der Waals surface area contributed by atoms with Gasteiger partial charge in [-0.25, -0.2) is 0 Å². The van der Waals surface area contributed by atoms with Crippen LogP contribution in [0.2, 0.25) is 0 Å². The molecule has 0 unspecified atom stereocenters. The molecule has 0 aliphatic heterocycles. The summed E-state index contributed by atoms with van der Waals surface area (Å²) in [7, 11) is 1.37. The second-order valence-corrected chi connectivity index (χ2v) is 7.18. The van der Waals surface area contributed by atoms with E-state index < -0.39 is 5.60 Å². The van der Waals surface area contributed by atoms with E-state index in [0.717, 1.165) is 16.7 Å². The second-order valence-electron chi connectivity index (χ2n) is 7.18. The second kappa shape index (κ2) is 12.8. The quantitative estimate of drug-likeness (QED) is 0.224. The van der Waals surface area contributed by atoms with E-state index in [0.29, 0.717) is 33.0 Å². The molecular formula is C27H30O5. The van der Waals surface area contributed by atoms with Crippen LogP contribution in [-0.2, 0) is 29.3 Å². The summed E-state index contributed by atoms with van der Waals surface area (Å²) in [6, 6.07) is 30.8. The van der Waals surface area contributed by atoms with Gasteiger partial charge in [-0.05, 0) is 16.7 Å². The van der Waals surface area contributed by atoms with Crippen molar-refractivity contribution in [2.45, 2.75) is 12.0 Å². The topological polar surface area (TPSA) is 54.0 Å². The standard InChI is InChI=1S/C27H30O5/c1-29-26(28)17-18-30-19-20-31-21-22-32-27(23-11-5-2-6-12-23,24-13-7-3-8-14-24)25-15-9-4-10-16-25/h2-16H,17-22H2,1H3. The Morgan fingerprint density at radius 3 is 1.47 bits per heavy atom. The number of methoxy groups -OCH3 is 1. The Kier molecular flexibility index (Phi) is 9.44. The summed E-state index contributed by atoms with van der Waals surface area (Å²) in [5, 5.41) is 0. The van der Waals surface area contributed by atoms with Crippen LogP contribution in [0.4, 0.5) is 0 Å². The van der Waals surface area contributed by atoms with Crippen LogP contribution in [0.5, 0.6) is 0 Å². The lowest BCUT2D eigenvalue weighted by Gasteiger charge is -2.36. The van der Waals surface area contributed by atoms with E-state index >= 15 is 0 Å². The average Bonchev–Trinajstić information content (AvgIpc) is 2.87. The molecule has 0 aromatic heterocycles. The lowest BCUT2D eigenvalue weighted by Crippen LogP contribution is -2.34. The van der Waals surface area contributed by atoms with E-state index in [2.05, 4.69) is 41.1 Å². The van der Waals surface area contributed by atoms with Gasteiger partial charge in [0.05, 0.1) is 46.6 Å². The molecule has 0 bridgehead atoms. The highest BCUT2D eigenvalue weighted by atomic mass is 16.6. The Balaban J connectivity index is 1.67. The molecule has 0 fully saturated rings. The van der Waals surface area contributed by atoms with Gasteiger partial charge in [0.2, 0.25) is 0 Å². The highest BCUT2D eigenvalue weighted by Crippen LogP contribution is 2.40. The van der Waals surface area contributed by atoms with E-state index in [-0.39, 0.29) is 12.4 Å². The number of ether oxygens (including phenoxy) is 4. The molecule has 3 rings (SSSR count). The molecule has 0 atom stereocenters. The van der Waals surface area contributed by atoms with Gasteiger partial charge in [-0.3, -0.25) is 4.79 Å². The van der Waals surface area contributed by atoms with Crippen molar-refractivity contribution in [3.63, 3.8) is 0 Å². The Labute approximate surface area is 189 Å². The van der Waals surface area contributed by atoms with Gasteiger partial charge in [0.1, 0.15) is 5.60 Å². The van der Waals surface area contributed by atoms with E-state index in [4.69, 9.17) is 14.2 Å². The van der Waals surface area contributed by atoms with Gasteiger partial charge in [-0.1, -0.05) is 91.0 Å². The number of carbonyl (C=O) groups excluding carboxylic acids is 1. The van der Waals surface area contributed by atoms with Crippen LogP contribution in [0.1, 0.15) is 23.1 Å². The molecule has 3 aromatic rings. The Morgan fingerprint density at radius 1 is 0.625 bits per heavy atom. The minimum absolute atomic E-state index is 0.243. The Hall–Kier alpha value is -2.99. The van der Waals surface area contributed by atoms with Crippen molar-refractivity contribution in [1.82, 2.24) is 0 Å². The van der Waals surface area contributed by atoms with Crippen LogP contribution in [0, 0.1) is 0 Å². The summed E-state index contributed by atoms with van der Waals surface area (Å²) in [5.74, 6) is -0.279. The zero-order valence-electron chi connectivity index (χ0n) is 18.4. The molecule has 0 saturated heterocycles. The van der Waals surface area contributed by atoms with Crippen molar-refractivity contribution in [3.8, 4) is 0 Å². The Bertz CT molecular complexity index is 816. The first-order valence-corrected chi connectivity index (χ1v) is 10.8. The highest BCUT2D eigenvalue weighted by molar-refractivity contribution is 5.69. The number of esters is 1. The molecule has 168 valence electrons. The summed E-state index contributed by atoms with van der Waals surface area (Å²) >= 11 is 0. The van der Waals surface area contributed by atoms with Crippen molar-refractivity contribution >= 4 is 5.97 Å². The van der Waals surface area contributed by atoms with E-state index in [1.165, 1.54) is 7.11 Å². The molecule has 0 radical (unpaired) electrons. The van der Waals surface area contributed by atoms with Crippen LogP contribution in [0.3, 0.4) is 0 Å². The van der Waals surface area contributed by atoms with Crippen molar-refractivity contribution in [3.05, 3.63) is 108 Å². The van der Waals surface area contributed by atoms with E-state index in [9.17, 15) is 4.79 Å². The first-order valence-electron chi connectivity index (χ1n) is 10.8. The van der Waals surface area contributed by atoms with Crippen LogP contribution >= 0.6 is 0 Å². The molecule has 0 heterocycles. The number of hydrogen-bond donors (Lipinski definition) is 0. The van der Waals surface area contributed by atoms with Crippen molar-refractivity contribution < 1.29 is 23.7 Å². The van der Waals surface area contributed by atoms with Crippen LogP contribution < -0.4 is 0 Å². The third-order valence-electron chi connectivity index (χ3n) is 5.14. The molecule has 0 N–H and O–H groups in total. The lowest BCUT2D eigenvalue weighted by molar-refractivity contribution is -0.141. The maximum Gasteiger partial charge on any atom is 0.307 e. The molecule has 0 saturated carbocycles. The van der Waals surface area contributed by atoms with Crippen LogP contribution in [0.15, 0.2) is 91.0 Å².